The number of fused-ring (bicyclic) bond motifs is 2. The van der Waals surface area contributed by atoms with E-state index in [0.717, 1.165) is 0 Å². The van der Waals surface area contributed by atoms with Gasteiger partial charge in [-0.2, -0.15) is 0 Å². The van der Waals surface area contributed by atoms with E-state index in [4.69, 9.17) is 0 Å². The lowest BCUT2D eigenvalue weighted by Crippen LogP contribution is -1.87. The van der Waals surface area contributed by atoms with Crippen molar-refractivity contribution in [3.63, 3.8) is 0 Å². The van der Waals surface area contributed by atoms with Crippen molar-refractivity contribution in [3.05, 3.63) is 65.0 Å². The Morgan fingerprint density at radius 3 is 2.78 bits per heavy atom. The Morgan fingerprint density at radius 2 is 2.00 bits per heavy atom. The molecule has 114 valence electrons. The highest BCUT2D eigenvalue weighted by atomic mass is 32.1. The topological polar surface area (TPSA) is 15.8 Å². The lowest BCUT2D eigenvalue weighted by atomic mass is 9.96. The van der Waals surface area contributed by atoms with Crippen molar-refractivity contribution < 1.29 is 0 Å². The number of H-pyrrole nitrogens is 1. The van der Waals surface area contributed by atoms with Gasteiger partial charge < -0.3 is 4.98 Å². The molecule has 3 aromatic heterocycles. The fraction of sp³-hybridized carbons (Fsp3) is 0.100. The van der Waals surface area contributed by atoms with Crippen LogP contribution in [-0.2, 0) is 0 Å². The Labute approximate surface area is 143 Å². The van der Waals surface area contributed by atoms with Gasteiger partial charge in [-0.1, -0.05) is 24.3 Å². The largest absolute Gasteiger partial charge is 0.361 e. The molecule has 0 saturated carbocycles. The van der Waals surface area contributed by atoms with Crippen LogP contribution in [-0.4, -0.2) is 4.98 Å². The Morgan fingerprint density at radius 1 is 1.09 bits per heavy atom. The molecule has 0 fully saturated rings. The molecule has 0 atom stereocenters. The number of thiophene rings is 2. The van der Waals surface area contributed by atoms with Gasteiger partial charge in [0, 0.05) is 37.7 Å². The average Bonchev–Trinajstić information content (AvgIpc) is 3.29. The zero-order chi connectivity index (χ0) is 15.8. The minimum atomic E-state index is 1.24. The third-order valence-electron chi connectivity index (χ3n) is 4.13. The number of allylic oxidation sites excluding steroid dienone is 4. The van der Waals surface area contributed by atoms with E-state index in [9.17, 15) is 0 Å². The van der Waals surface area contributed by atoms with Crippen LogP contribution in [0.15, 0.2) is 59.5 Å². The SMILES string of the molecule is C/C=C\C=C(/C)c1c2cc[nH]c2c(-c2cccs2)c2ccsc12. The smallest absolute Gasteiger partial charge is 0.0555 e. The third kappa shape index (κ3) is 2.28. The highest BCUT2D eigenvalue weighted by Gasteiger charge is 2.18. The van der Waals surface area contributed by atoms with Crippen molar-refractivity contribution in [1.82, 2.24) is 4.98 Å². The first-order valence-electron chi connectivity index (χ1n) is 7.65. The molecule has 3 heteroatoms. The van der Waals surface area contributed by atoms with Gasteiger partial charge in [-0.25, -0.2) is 0 Å². The lowest BCUT2D eigenvalue weighted by Gasteiger charge is -2.11. The van der Waals surface area contributed by atoms with E-state index < -0.39 is 0 Å². The van der Waals surface area contributed by atoms with Gasteiger partial charge in [0.1, 0.15) is 0 Å². The summed E-state index contributed by atoms with van der Waals surface area (Å²) in [5.41, 5.74) is 5.22. The maximum Gasteiger partial charge on any atom is 0.0555 e. The summed E-state index contributed by atoms with van der Waals surface area (Å²) in [5, 5.41) is 7.00. The fourth-order valence-electron chi connectivity index (χ4n) is 3.13. The van der Waals surface area contributed by atoms with Crippen LogP contribution in [0, 0.1) is 0 Å². The Balaban J connectivity index is 2.15. The summed E-state index contributed by atoms with van der Waals surface area (Å²) in [6, 6.07) is 8.79. The van der Waals surface area contributed by atoms with Crippen LogP contribution in [0.25, 0.3) is 37.0 Å². The van der Waals surface area contributed by atoms with Gasteiger partial charge in [0.25, 0.3) is 0 Å². The molecule has 4 rings (SSSR count). The molecule has 0 aliphatic rings. The van der Waals surface area contributed by atoms with Crippen molar-refractivity contribution >= 4 is 49.2 Å². The second-order valence-electron chi connectivity index (χ2n) is 5.53. The van der Waals surface area contributed by atoms with Crippen molar-refractivity contribution in [1.29, 1.82) is 0 Å². The Kier molecular flexibility index (Phi) is 3.68. The zero-order valence-corrected chi connectivity index (χ0v) is 14.7. The molecule has 0 aliphatic carbocycles. The van der Waals surface area contributed by atoms with Crippen LogP contribution in [0.4, 0.5) is 0 Å². The molecular weight excluding hydrogens is 318 g/mol. The van der Waals surface area contributed by atoms with Crippen LogP contribution in [0.2, 0.25) is 0 Å². The average molecular weight is 335 g/mol. The third-order valence-corrected chi connectivity index (χ3v) is 5.95. The van der Waals surface area contributed by atoms with Gasteiger partial charge >= 0.3 is 0 Å². The van der Waals surface area contributed by atoms with Gasteiger partial charge in [-0.05, 0) is 48.4 Å². The molecule has 1 N–H and O–H groups in total. The molecule has 0 spiro atoms. The quantitative estimate of drug-likeness (QED) is 0.385. The van der Waals surface area contributed by atoms with Gasteiger partial charge in [-0.3, -0.25) is 0 Å². The highest BCUT2D eigenvalue weighted by Crippen LogP contribution is 2.44. The van der Waals surface area contributed by atoms with E-state index in [-0.39, 0.29) is 0 Å². The first-order valence-corrected chi connectivity index (χ1v) is 9.41. The van der Waals surface area contributed by atoms with E-state index in [1.165, 1.54) is 42.6 Å². The maximum atomic E-state index is 3.48. The summed E-state index contributed by atoms with van der Waals surface area (Å²) in [6.07, 6.45) is 8.44. The number of hydrogen-bond acceptors (Lipinski definition) is 2. The van der Waals surface area contributed by atoms with Gasteiger partial charge in [0.05, 0.1) is 5.52 Å². The number of benzene rings is 1. The van der Waals surface area contributed by atoms with Crippen molar-refractivity contribution in [2.45, 2.75) is 13.8 Å². The highest BCUT2D eigenvalue weighted by molar-refractivity contribution is 7.18. The van der Waals surface area contributed by atoms with Crippen LogP contribution >= 0.6 is 22.7 Å². The van der Waals surface area contributed by atoms with Crippen LogP contribution < -0.4 is 0 Å². The number of aromatic amines is 1. The summed E-state index contributed by atoms with van der Waals surface area (Å²) in [6.45, 7) is 4.25. The first kappa shape index (κ1) is 14.5. The molecule has 0 bridgehead atoms. The van der Waals surface area contributed by atoms with E-state index in [1.54, 1.807) is 11.3 Å². The summed E-state index contributed by atoms with van der Waals surface area (Å²) in [4.78, 5) is 4.80. The molecule has 3 heterocycles. The van der Waals surface area contributed by atoms with E-state index in [0.29, 0.717) is 0 Å². The summed E-state index contributed by atoms with van der Waals surface area (Å²) in [7, 11) is 0. The monoisotopic (exact) mass is 335 g/mol. The standard InChI is InChI=1S/C20H17NS2/c1-3-4-6-13(2)17-14-8-10-21-19(14)18(16-7-5-11-22-16)15-9-12-23-20(15)17/h3-12,21H,1-2H3/b4-3-,13-6+. The molecule has 0 amide bonds. The van der Waals surface area contributed by atoms with Crippen LogP contribution in [0.1, 0.15) is 19.4 Å². The lowest BCUT2D eigenvalue weighted by molar-refractivity contribution is 1.48. The van der Waals surface area contributed by atoms with Crippen LogP contribution in [0.5, 0.6) is 0 Å². The molecule has 0 aliphatic heterocycles. The van der Waals surface area contributed by atoms with E-state index in [2.05, 4.69) is 78.3 Å². The molecule has 1 nitrogen and oxygen atoms in total. The minimum absolute atomic E-state index is 1.24. The second kappa shape index (κ2) is 5.84. The first-order chi connectivity index (χ1) is 11.3. The summed E-state index contributed by atoms with van der Waals surface area (Å²) in [5.74, 6) is 0. The minimum Gasteiger partial charge on any atom is -0.361 e. The zero-order valence-electron chi connectivity index (χ0n) is 13.1. The molecule has 23 heavy (non-hydrogen) atoms. The molecule has 0 radical (unpaired) electrons. The normalized spacial score (nSPS) is 12.9. The maximum absolute atomic E-state index is 3.48. The molecule has 1 aromatic carbocycles. The van der Waals surface area contributed by atoms with Gasteiger partial charge in [0.2, 0.25) is 0 Å². The fourth-order valence-corrected chi connectivity index (χ4v) is 4.95. The van der Waals surface area contributed by atoms with Gasteiger partial charge in [0.15, 0.2) is 0 Å². The second-order valence-corrected chi connectivity index (χ2v) is 7.40. The van der Waals surface area contributed by atoms with E-state index in [1.807, 2.05) is 11.3 Å². The van der Waals surface area contributed by atoms with Crippen LogP contribution in [0.3, 0.4) is 0 Å². The Hall–Kier alpha value is -2.10. The summed E-state index contributed by atoms with van der Waals surface area (Å²) < 4.78 is 1.37. The molecule has 0 unspecified atom stereocenters. The molecule has 4 aromatic rings. The van der Waals surface area contributed by atoms with Crippen molar-refractivity contribution in [2.75, 3.05) is 0 Å². The number of aromatic nitrogens is 1. The van der Waals surface area contributed by atoms with Gasteiger partial charge in [-0.15, -0.1) is 22.7 Å². The van der Waals surface area contributed by atoms with E-state index >= 15 is 0 Å². The van der Waals surface area contributed by atoms with Crippen molar-refractivity contribution in [2.24, 2.45) is 0 Å². The number of nitrogens with one attached hydrogen (secondary N) is 1. The van der Waals surface area contributed by atoms with Crippen molar-refractivity contribution in [3.8, 4) is 10.4 Å². The predicted molar refractivity (Wildman–Crippen MR) is 105 cm³/mol. The Bertz CT molecular complexity index is 975. The summed E-state index contributed by atoms with van der Waals surface area (Å²) >= 11 is 3.63. The number of rotatable bonds is 3. The molecular formula is C20H17NS2. The number of hydrogen-bond donors (Lipinski definition) is 1. The molecule has 0 saturated heterocycles. The predicted octanol–water partition coefficient (Wildman–Crippen LogP) is 7.09.